The molecule has 1 fully saturated rings. The number of carbonyl (C=O) groups excluding carboxylic acids is 2. The largest absolute Gasteiger partial charge is 0.508 e. The first-order chi connectivity index (χ1) is 11.5. The van der Waals surface area contributed by atoms with Crippen LogP contribution in [0.4, 0.5) is 0 Å². The molecule has 2 amide bonds. The molecule has 1 aromatic carbocycles. The SMILES string of the molecule is O=C(NC1CCN(C(=O)c2ccco2)CC1)c1cc(O)cc(O)c1. The van der Waals surface area contributed by atoms with Gasteiger partial charge in [-0.2, -0.15) is 0 Å². The van der Waals surface area contributed by atoms with Crippen LogP contribution in [0.1, 0.15) is 33.8 Å². The van der Waals surface area contributed by atoms with E-state index in [1.807, 2.05) is 0 Å². The lowest BCUT2D eigenvalue weighted by molar-refractivity contribution is 0.0667. The van der Waals surface area contributed by atoms with Gasteiger partial charge in [0.1, 0.15) is 11.5 Å². The summed E-state index contributed by atoms with van der Waals surface area (Å²) in [6.45, 7) is 1.05. The van der Waals surface area contributed by atoms with Gasteiger partial charge in [0.25, 0.3) is 11.8 Å². The number of likely N-dealkylation sites (tertiary alicyclic amines) is 1. The first kappa shape index (κ1) is 15.9. The minimum atomic E-state index is -0.364. The van der Waals surface area contributed by atoms with Crippen molar-refractivity contribution in [1.29, 1.82) is 0 Å². The highest BCUT2D eigenvalue weighted by molar-refractivity contribution is 5.95. The molecule has 7 heteroatoms. The fraction of sp³-hybridized carbons (Fsp3) is 0.294. The van der Waals surface area contributed by atoms with E-state index in [2.05, 4.69) is 5.32 Å². The lowest BCUT2D eigenvalue weighted by atomic mass is 10.0. The third kappa shape index (κ3) is 3.51. The van der Waals surface area contributed by atoms with Crippen molar-refractivity contribution in [2.24, 2.45) is 0 Å². The van der Waals surface area contributed by atoms with Crippen molar-refractivity contribution in [2.75, 3.05) is 13.1 Å². The van der Waals surface area contributed by atoms with Gasteiger partial charge in [0.05, 0.1) is 6.26 Å². The summed E-state index contributed by atoms with van der Waals surface area (Å²) in [7, 11) is 0. The van der Waals surface area contributed by atoms with Crippen molar-refractivity contribution in [1.82, 2.24) is 10.2 Å². The molecule has 7 nitrogen and oxygen atoms in total. The maximum Gasteiger partial charge on any atom is 0.289 e. The Morgan fingerprint density at radius 2 is 1.79 bits per heavy atom. The second-order valence-corrected chi connectivity index (χ2v) is 5.76. The second-order valence-electron chi connectivity index (χ2n) is 5.76. The van der Waals surface area contributed by atoms with Crippen molar-refractivity contribution in [2.45, 2.75) is 18.9 Å². The van der Waals surface area contributed by atoms with Gasteiger partial charge in [-0.25, -0.2) is 0 Å². The summed E-state index contributed by atoms with van der Waals surface area (Å²) < 4.78 is 5.11. The highest BCUT2D eigenvalue weighted by Crippen LogP contribution is 2.21. The van der Waals surface area contributed by atoms with Crippen LogP contribution in [0.3, 0.4) is 0 Å². The summed E-state index contributed by atoms with van der Waals surface area (Å²) in [5, 5.41) is 21.7. The highest BCUT2D eigenvalue weighted by atomic mass is 16.3. The van der Waals surface area contributed by atoms with Crippen LogP contribution >= 0.6 is 0 Å². The molecule has 3 N–H and O–H groups in total. The van der Waals surface area contributed by atoms with Crippen LogP contribution in [0.25, 0.3) is 0 Å². The Bertz CT molecular complexity index is 713. The Hall–Kier alpha value is -2.96. The average molecular weight is 330 g/mol. The second kappa shape index (κ2) is 6.66. The highest BCUT2D eigenvalue weighted by Gasteiger charge is 2.26. The molecule has 0 aliphatic carbocycles. The fourth-order valence-corrected chi connectivity index (χ4v) is 2.78. The maximum atomic E-state index is 12.2. The summed E-state index contributed by atoms with van der Waals surface area (Å²) in [5.74, 6) is -0.537. The van der Waals surface area contributed by atoms with E-state index in [9.17, 15) is 19.8 Å². The van der Waals surface area contributed by atoms with Crippen LogP contribution in [-0.2, 0) is 0 Å². The molecule has 0 unspecified atom stereocenters. The number of phenolic OH excluding ortho intramolecular Hbond substituents is 2. The molecule has 126 valence electrons. The number of nitrogens with zero attached hydrogens (tertiary/aromatic N) is 1. The van der Waals surface area contributed by atoms with Gasteiger partial charge in [0.2, 0.25) is 0 Å². The Morgan fingerprint density at radius 1 is 1.12 bits per heavy atom. The zero-order valence-corrected chi connectivity index (χ0v) is 12.9. The fourth-order valence-electron chi connectivity index (χ4n) is 2.78. The third-order valence-corrected chi connectivity index (χ3v) is 4.01. The van der Waals surface area contributed by atoms with E-state index < -0.39 is 0 Å². The van der Waals surface area contributed by atoms with E-state index in [1.54, 1.807) is 17.0 Å². The molecule has 2 heterocycles. The van der Waals surface area contributed by atoms with Crippen molar-refractivity contribution in [3.8, 4) is 11.5 Å². The van der Waals surface area contributed by atoms with Crippen molar-refractivity contribution in [3.05, 3.63) is 47.9 Å². The van der Waals surface area contributed by atoms with Crippen LogP contribution in [0.2, 0.25) is 0 Å². The molecule has 1 aromatic heterocycles. The summed E-state index contributed by atoms with van der Waals surface area (Å²) in [6.07, 6.45) is 2.72. The number of piperidine rings is 1. The number of hydrogen-bond acceptors (Lipinski definition) is 5. The number of phenols is 2. The zero-order chi connectivity index (χ0) is 17.1. The number of rotatable bonds is 3. The molecule has 24 heavy (non-hydrogen) atoms. The van der Waals surface area contributed by atoms with Gasteiger partial charge in [-0.1, -0.05) is 0 Å². The third-order valence-electron chi connectivity index (χ3n) is 4.01. The first-order valence-electron chi connectivity index (χ1n) is 7.69. The molecular formula is C17H18N2O5. The summed E-state index contributed by atoms with van der Waals surface area (Å²) in [5.41, 5.74) is 0.196. The Labute approximate surface area is 138 Å². The molecule has 0 saturated carbocycles. The molecule has 1 saturated heterocycles. The number of hydrogen-bond donors (Lipinski definition) is 3. The van der Waals surface area contributed by atoms with Gasteiger partial charge in [-0.3, -0.25) is 9.59 Å². The van der Waals surface area contributed by atoms with E-state index in [1.165, 1.54) is 18.4 Å². The summed E-state index contributed by atoms with van der Waals surface area (Å²) >= 11 is 0. The van der Waals surface area contributed by atoms with E-state index in [0.717, 1.165) is 6.07 Å². The molecule has 0 spiro atoms. The van der Waals surface area contributed by atoms with Gasteiger partial charge >= 0.3 is 0 Å². The van der Waals surface area contributed by atoms with Crippen molar-refractivity contribution < 1.29 is 24.2 Å². The maximum absolute atomic E-state index is 12.2. The lowest BCUT2D eigenvalue weighted by Crippen LogP contribution is -2.46. The van der Waals surface area contributed by atoms with Gasteiger partial charge in [-0.15, -0.1) is 0 Å². The van der Waals surface area contributed by atoms with Crippen LogP contribution < -0.4 is 5.32 Å². The van der Waals surface area contributed by atoms with E-state index in [0.29, 0.717) is 31.7 Å². The average Bonchev–Trinajstić information content (AvgIpc) is 3.08. The number of aromatic hydroxyl groups is 2. The zero-order valence-electron chi connectivity index (χ0n) is 12.9. The number of benzene rings is 1. The van der Waals surface area contributed by atoms with E-state index in [4.69, 9.17) is 4.42 Å². The Kier molecular flexibility index (Phi) is 4.41. The first-order valence-corrected chi connectivity index (χ1v) is 7.69. The van der Waals surface area contributed by atoms with Crippen LogP contribution in [-0.4, -0.2) is 46.1 Å². The topological polar surface area (TPSA) is 103 Å². The van der Waals surface area contributed by atoms with E-state index >= 15 is 0 Å². The molecule has 2 aromatic rings. The molecule has 0 bridgehead atoms. The van der Waals surface area contributed by atoms with Crippen LogP contribution in [0.15, 0.2) is 41.0 Å². The molecule has 3 rings (SSSR count). The minimum absolute atomic E-state index is 0.0670. The molecule has 1 aliphatic heterocycles. The molecular weight excluding hydrogens is 312 g/mol. The van der Waals surface area contributed by atoms with Crippen LogP contribution in [0.5, 0.6) is 11.5 Å². The standard InChI is InChI=1S/C17H18N2O5/c20-13-8-11(9-14(21)10-13)16(22)18-12-3-5-19(6-4-12)17(23)15-2-1-7-24-15/h1-2,7-10,12,20-21H,3-6H2,(H,18,22). The molecule has 1 aliphatic rings. The van der Waals surface area contributed by atoms with Gasteiger partial charge in [0.15, 0.2) is 5.76 Å². The lowest BCUT2D eigenvalue weighted by Gasteiger charge is -2.31. The minimum Gasteiger partial charge on any atom is -0.508 e. The Morgan fingerprint density at radius 3 is 2.38 bits per heavy atom. The predicted octanol–water partition coefficient (Wildman–Crippen LogP) is 1.73. The van der Waals surface area contributed by atoms with Crippen molar-refractivity contribution in [3.63, 3.8) is 0 Å². The van der Waals surface area contributed by atoms with Crippen LogP contribution in [0, 0.1) is 0 Å². The van der Waals surface area contributed by atoms with Gasteiger partial charge in [0, 0.05) is 30.8 Å². The van der Waals surface area contributed by atoms with Gasteiger partial charge < -0.3 is 24.8 Å². The van der Waals surface area contributed by atoms with Crippen molar-refractivity contribution >= 4 is 11.8 Å². The summed E-state index contributed by atoms with van der Waals surface area (Å²) in [4.78, 5) is 26.1. The molecule has 0 radical (unpaired) electrons. The number of carbonyl (C=O) groups is 2. The summed E-state index contributed by atoms with van der Waals surface area (Å²) in [6, 6.07) is 6.99. The predicted molar refractivity (Wildman–Crippen MR) is 84.9 cm³/mol. The smallest absolute Gasteiger partial charge is 0.289 e. The van der Waals surface area contributed by atoms with Gasteiger partial charge in [-0.05, 0) is 37.1 Å². The quantitative estimate of drug-likeness (QED) is 0.795. The monoisotopic (exact) mass is 330 g/mol. The Balaban J connectivity index is 1.55. The number of nitrogens with one attached hydrogen (secondary N) is 1. The normalized spacial score (nSPS) is 15.2. The van der Waals surface area contributed by atoms with E-state index in [-0.39, 0.29) is 34.9 Å². The molecule has 0 atom stereocenters. The number of furan rings is 1. The number of amides is 2.